The Kier molecular flexibility index (Phi) is 7.99. The number of piperidine rings is 1. The van der Waals surface area contributed by atoms with Crippen LogP contribution in [0.1, 0.15) is 54.6 Å². The molecule has 0 unspecified atom stereocenters. The fourth-order valence-corrected chi connectivity index (χ4v) is 6.64. The molecular formula is C30H32N2O4S. The predicted octanol–water partition coefficient (Wildman–Crippen LogP) is 5.87. The highest BCUT2D eigenvalue weighted by atomic mass is 32.1. The second kappa shape index (κ2) is 11.7. The topological polar surface area (TPSA) is 75.7 Å². The molecule has 6 nitrogen and oxygen atoms in total. The number of hydrogen-bond donors (Lipinski definition) is 1. The van der Waals surface area contributed by atoms with Crippen LogP contribution in [-0.2, 0) is 9.59 Å². The number of ether oxygens (including phenoxy) is 1. The molecule has 0 spiro atoms. The van der Waals surface area contributed by atoms with Gasteiger partial charge in [0.15, 0.2) is 12.9 Å². The first-order valence-electron chi connectivity index (χ1n) is 13.1. The minimum absolute atomic E-state index is 0.0448. The van der Waals surface area contributed by atoms with Crippen LogP contribution in [-0.4, -0.2) is 36.8 Å². The lowest BCUT2D eigenvalue weighted by atomic mass is 9.78. The van der Waals surface area contributed by atoms with Crippen LogP contribution in [0.5, 0.6) is 5.75 Å². The summed E-state index contributed by atoms with van der Waals surface area (Å²) >= 11 is 1.42. The molecule has 3 aromatic rings. The zero-order valence-electron chi connectivity index (χ0n) is 20.8. The van der Waals surface area contributed by atoms with E-state index in [4.69, 9.17) is 4.74 Å². The maximum atomic E-state index is 13.7. The molecule has 1 saturated carbocycles. The summed E-state index contributed by atoms with van der Waals surface area (Å²) in [7, 11) is 0. The van der Waals surface area contributed by atoms with Gasteiger partial charge in [-0.2, -0.15) is 0 Å². The Labute approximate surface area is 221 Å². The van der Waals surface area contributed by atoms with Crippen LogP contribution in [0.25, 0.3) is 10.4 Å². The molecule has 2 aromatic carbocycles. The van der Waals surface area contributed by atoms with Gasteiger partial charge in [-0.1, -0.05) is 67.8 Å². The van der Waals surface area contributed by atoms with E-state index in [-0.39, 0.29) is 36.9 Å². The van der Waals surface area contributed by atoms with Crippen molar-refractivity contribution in [1.82, 2.24) is 5.32 Å². The average Bonchev–Trinajstić information content (AvgIpc) is 3.37. The largest absolute Gasteiger partial charge is 0.484 e. The van der Waals surface area contributed by atoms with Gasteiger partial charge in [-0.15, -0.1) is 11.3 Å². The van der Waals surface area contributed by atoms with Crippen molar-refractivity contribution in [3.05, 3.63) is 71.6 Å². The Balaban J connectivity index is 1.36. The third-order valence-electron chi connectivity index (χ3n) is 7.38. The molecule has 2 heterocycles. The van der Waals surface area contributed by atoms with E-state index in [1.165, 1.54) is 17.8 Å². The van der Waals surface area contributed by atoms with Crippen molar-refractivity contribution < 1.29 is 19.1 Å². The minimum Gasteiger partial charge on any atom is -0.484 e. The second-order valence-electron chi connectivity index (χ2n) is 9.88. The normalized spacial score (nSPS) is 20.4. The number of rotatable bonds is 8. The SMILES string of the molecule is O=Cc1sc(-c2ccccc2)cc1N1C(=O)C[C@H](NC(=O)COc2ccccc2)C[C@@H]1C1CCCCC1. The monoisotopic (exact) mass is 516 g/mol. The van der Waals surface area contributed by atoms with Crippen LogP contribution in [0.2, 0.25) is 0 Å². The molecule has 2 atom stereocenters. The fraction of sp³-hybridized carbons (Fsp3) is 0.367. The molecule has 2 fully saturated rings. The predicted molar refractivity (Wildman–Crippen MR) is 146 cm³/mol. The van der Waals surface area contributed by atoms with Crippen LogP contribution in [0.4, 0.5) is 5.69 Å². The first-order valence-corrected chi connectivity index (χ1v) is 13.9. The summed E-state index contributed by atoms with van der Waals surface area (Å²) in [5.41, 5.74) is 1.74. The number of benzene rings is 2. The smallest absolute Gasteiger partial charge is 0.258 e. The lowest BCUT2D eigenvalue weighted by Crippen LogP contribution is -2.56. The van der Waals surface area contributed by atoms with Crippen LogP contribution in [0.15, 0.2) is 66.7 Å². The summed E-state index contributed by atoms with van der Waals surface area (Å²) in [5, 5.41) is 3.04. The van der Waals surface area contributed by atoms with E-state index in [0.29, 0.717) is 28.7 Å². The lowest BCUT2D eigenvalue weighted by Gasteiger charge is -2.44. The van der Waals surface area contributed by atoms with Gasteiger partial charge >= 0.3 is 0 Å². The summed E-state index contributed by atoms with van der Waals surface area (Å²) in [6.07, 6.45) is 7.35. The molecule has 1 aliphatic carbocycles. The number of para-hydroxylation sites is 1. The number of thiophene rings is 1. The molecule has 7 heteroatoms. The number of hydrogen-bond acceptors (Lipinski definition) is 5. The lowest BCUT2D eigenvalue weighted by molar-refractivity contribution is -0.125. The van der Waals surface area contributed by atoms with Crippen LogP contribution in [0, 0.1) is 5.92 Å². The third kappa shape index (κ3) is 5.93. The number of carbonyl (C=O) groups excluding carboxylic acids is 3. The quantitative estimate of drug-likeness (QED) is 0.380. The van der Waals surface area contributed by atoms with E-state index in [0.717, 1.165) is 42.4 Å². The van der Waals surface area contributed by atoms with Crippen molar-refractivity contribution in [2.45, 2.75) is 57.0 Å². The average molecular weight is 517 g/mol. The van der Waals surface area contributed by atoms with Gasteiger partial charge in [0.25, 0.3) is 5.91 Å². The molecule has 0 radical (unpaired) electrons. The maximum absolute atomic E-state index is 13.7. The van der Waals surface area contributed by atoms with E-state index in [2.05, 4.69) is 5.32 Å². The molecule has 37 heavy (non-hydrogen) atoms. The number of nitrogens with one attached hydrogen (secondary N) is 1. The zero-order valence-corrected chi connectivity index (χ0v) is 21.6. The van der Waals surface area contributed by atoms with Gasteiger partial charge in [0.1, 0.15) is 5.75 Å². The number of anilines is 1. The van der Waals surface area contributed by atoms with Gasteiger partial charge in [0.05, 0.1) is 10.6 Å². The standard InChI is InChI=1S/C30H32N2O4S/c33-19-28-26(18-27(37-28)22-12-6-2-7-13-22)32-25(21-10-4-1-5-11-21)16-23(17-30(32)35)31-29(34)20-36-24-14-8-3-9-15-24/h2-3,6-9,12-15,18-19,21,23,25H,1,4-5,10-11,16-17,20H2,(H,31,34)/t23-,25-/m1/s1. The molecular weight excluding hydrogens is 484 g/mol. The van der Waals surface area contributed by atoms with E-state index in [1.807, 2.05) is 71.6 Å². The summed E-state index contributed by atoms with van der Waals surface area (Å²) in [5.74, 6) is 0.707. The zero-order chi connectivity index (χ0) is 25.6. The van der Waals surface area contributed by atoms with Crippen molar-refractivity contribution in [2.75, 3.05) is 11.5 Å². The Morgan fingerprint density at radius 2 is 1.73 bits per heavy atom. The van der Waals surface area contributed by atoms with Crippen molar-refractivity contribution in [3.63, 3.8) is 0 Å². The fourth-order valence-electron chi connectivity index (χ4n) is 5.67. The third-order valence-corrected chi connectivity index (χ3v) is 8.48. The number of aldehydes is 1. The number of carbonyl (C=O) groups is 3. The number of amides is 2. The van der Waals surface area contributed by atoms with Gasteiger partial charge in [-0.05, 0) is 48.9 Å². The molecule has 1 N–H and O–H groups in total. The van der Waals surface area contributed by atoms with Crippen molar-refractivity contribution in [2.24, 2.45) is 5.92 Å². The molecule has 0 bridgehead atoms. The van der Waals surface area contributed by atoms with Crippen LogP contribution >= 0.6 is 11.3 Å². The highest BCUT2D eigenvalue weighted by Gasteiger charge is 2.41. The summed E-state index contributed by atoms with van der Waals surface area (Å²) in [6, 6.07) is 20.9. The van der Waals surface area contributed by atoms with Crippen LogP contribution < -0.4 is 15.0 Å². The van der Waals surface area contributed by atoms with Gasteiger partial charge in [0.2, 0.25) is 5.91 Å². The van der Waals surface area contributed by atoms with Crippen molar-refractivity contribution >= 4 is 35.1 Å². The molecule has 1 aliphatic heterocycles. The Hall–Kier alpha value is -3.45. The Morgan fingerprint density at radius 3 is 2.43 bits per heavy atom. The van der Waals surface area contributed by atoms with Crippen molar-refractivity contribution in [3.8, 4) is 16.2 Å². The van der Waals surface area contributed by atoms with E-state index >= 15 is 0 Å². The van der Waals surface area contributed by atoms with E-state index < -0.39 is 0 Å². The molecule has 2 amide bonds. The first-order chi connectivity index (χ1) is 18.1. The molecule has 1 saturated heterocycles. The van der Waals surface area contributed by atoms with Gasteiger partial charge < -0.3 is 15.0 Å². The second-order valence-corrected chi connectivity index (χ2v) is 11.0. The maximum Gasteiger partial charge on any atom is 0.258 e. The Morgan fingerprint density at radius 1 is 1.03 bits per heavy atom. The summed E-state index contributed by atoms with van der Waals surface area (Å²) < 4.78 is 5.60. The molecule has 2 aliphatic rings. The summed E-state index contributed by atoms with van der Waals surface area (Å²) in [4.78, 5) is 41.9. The molecule has 192 valence electrons. The highest BCUT2D eigenvalue weighted by molar-refractivity contribution is 7.17. The van der Waals surface area contributed by atoms with Gasteiger partial charge in [-0.25, -0.2) is 0 Å². The molecule has 5 rings (SSSR count). The van der Waals surface area contributed by atoms with Crippen molar-refractivity contribution in [1.29, 1.82) is 0 Å². The number of nitrogens with zero attached hydrogens (tertiary/aromatic N) is 1. The van der Waals surface area contributed by atoms with Gasteiger partial charge in [0, 0.05) is 23.4 Å². The van der Waals surface area contributed by atoms with E-state index in [1.54, 1.807) is 0 Å². The van der Waals surface area contributed by atoms with Crippen LogP contribution in [0.3, 0.4) is 0 Å². The molecule has 1 aromatic heterocycles. The highest BCUT2D eigenvalue weighted by Crippen LogP contribution is 2.42. The Bertz CT molecular complexity index is 1220. The first kappa shape index (κ1) is 25.2. The minimum atomic E-state index is -0.255. The van der Waals surface area contributed by atoms with Gasteiger partial charge in [-0.3, -0.25) is 14.4 Å². The summed E-state index contributed by atoms with van der Waals surface area (Å²) in [6.45, 7) is -0.0905. The van der Waals surface area contributed by atoms with E-state index in [9.17, 15) is 14.4 Å².